The fourth-order valence-corrected chi connectivity index (χ4v) is 0.974. The monoisotopic (exact) mass is 252 g/mol. The van der Waals surface area contributed by atoms with Crippen LogP contribution in [0.5, 0.6) is 0 Å². The van der Waals surface area contributed by atoms with Crippen molar-refractivity contribution in [2.45, 2.75) is 13.0 Å². The average molecular weight is 252 g/mol. The second kappa shape index (κ2) is 10.7. The van der Waals surface area contributed by atoms with Crippen molar-refractivity contribution < 1.29 is 19.8 Å². The minimum Gasteiger partial charge on any atom is -0.480 e. The highest BCUT2D eigenvalue weighted by atomic mass is 32.1. The summed E-state index contributed by atoms with van der Waals surface area (Å²) in [7, 11) is 3.36. The number of carboxylic acids is 2. The van der Waals surface area contributed by atoms with E-state index in [2.05, 4.69) is 17.9 Å². The maximum absolute atomic E-state index is 10.1. The zero-order valence-corrected chi connectivity index (χ0v) is 10.7. The first-order valence-corrected chi connectivity index (χ1v) is 5.43. The number of carboxylic acid groups (broad SMARTS) is 2. The molecule has 0 saturated heterocycles. The van der Waals surface area contributed by atoms with E-state index < -0.39 is 18.0 Å². The van der Waals surface area contributed by atoms with Crippen molar-refractivity contribution >= 4 is 24.6 Å². The van der Waals surface area contributed by atoms with E-state index in [1.54, 1.807) is 19.0 Å². The number of thiol groups is 1. The van der Waals surface area contributed by atoms with Crippen LogP contribution < -0.4 is 5.32 Å². The Hall–Kier alpha value is -0.790. The van der Waals surface area contributed by atoms with Crippen molar-refractivity contribution in [1.29, 1.82) is 0 Å². The van der Waals surface area contributed by atoms with Crippen LogP contribution in [0.25, 0.3) is 0 Å². The van der Waals surface area contributed by atoms with Gasteiger partial charge in [0.1, 0.15) is 6.04 Å². The third kappa shape index (κ3) is 11.3. The van der Waals surface area contributed by atoms with E-state index in [0.717, 1.165) is 6.54 Å². The lowest BCUT2D eigenvalue weighted by Crippen LogP contribution is -2.35. The molecule has 0 aromatic carbocycles. The molecule has 0 aliphatic heterocycles. The predicted molar refractivity (Wildman–Crippen MR) is 65.1 cm³/mol. The second-order valence-electron chi connectivity index (χ2n) is 3.09. The first-order valence-electron chi connectivity index (χ1n) is 4.80. The molecule has 0 aliphatic carbocycles. The molecule has 0 heterocycles. The first-order chi connectivity index (χ1) is 7.38. The molecule has 96 valence electrons. The van der Waals surface area contributed by atoms with Crippen LogP contribution in [0.1, 0.15) is 6.92 Å². The van der Waals surface area contributed by atoms with Gasteiger partial charge in [-0.25, -0.2) is 0 Å². The summed E-state index contributed by atoms with van der Waals surface area (Å²) in [4.78, 5) is 21.7. The standard InChI is InChI=1S/C5H11NO2.C4H9NO2S/c1-3-6(2)4-5(7)8;1-5-3(2-8)4(6)7/h3-4H2,1-2H3,(H,7,8);3,5,8H,2H2,1H3,(H,6,7). The molecule has 0 aliphatic rings. The van der Waals surface area contributed by atoms with Crippen LogP contribution in [0.3, 0.4) is 0 Å². The van der Waals surface area contributed by atoms with Crippen LogP contribution in [-0.2, 0) is 9.59 Å². The maximum Gasteiger partial charge on any atom is 0.321 e. The zero-order valence-electron chi connectivity index (χ0n) is 9.80. The van der Waals surface area contributed by atoms with Crippen LogP contribution in [0.2, 0.25) is 0 Å². The Morgan fingerprint density at radius 3 is 2.00 bits per heavy atom. The molecule has 0 aromatic rings. The van der Waals surface area contributed by atoms with Gasteiger partial charge in [-0.3, -0.25) is 14.5 Å². The second-order valence-corrected chi connectivity index (χ2v) is 3.45. The fourth-order valence-electron chi connectivity index (χ4n) is 0.636. The van der Waals surface area contributed by atoms with Gasteiger partial charge in [0.25, 0.3) is 0 Å². The Morgan fingerprint density at radius 1 is 1.44 bits per heavy atom. The van der Waals surface area contributed by atoms with Crippen LogP contribution >= 0.6 is 12.6 Å². The van der Waals surface area contributed by atoms with E-state index >= 15 is 0 Å². The van der Waals surface area contributed by atoms with E-state index in [4.69, 9.17) is 10.2 Å². The lowest BCUT2D eigenvalue weighted by Gasteiger charge is -2.08. The van der Waals surface area contributed by atoms with Crippen molar-refractivity contribution in [3.8, 4) is 0 Å². The van der Waals surface area contributed by atoms with Gasteiger partial charge in [0.15, 0.2) is 0 Å². The Morgan fingerprint density at radius 2 is 1.94 bits per heavy atom. The van der Waals surface area contributed by atoms with Gasteiger partial charge >= 0.3 is 11.9 Å². The highest BCUT2D eigenvalue weighted by Crippen LogP contribution is 1.84. The Kier molecular flexibility index (Phi) is 11.8. The van der Waals surface area contributed by atoms with Crippen LogP contribution in [0.4, 0.5) is 0 Å². The van der Waals surface area contributed by atoms with Crippen molar-refractivity contribution in [1.82, 2.24) is 10.2 Å². The Labute approximate surface area is 101 Å². The van der Waals surface area contributed by atoms with Gasteiger partial charge in [-0.15, -0.1) is 0 Å². The molecule has 1 atom stereocenters. The van der Waals surface area contributed by atoms with Gasteiger partial charge in [0.2, 0.25) is 0 Å². The smallest absolute Gasteiger partial charge is 0.321 e. The molecule has 0 aromatic heterocycles. The molecule has 16 heavy (non-hydrogen) atoms. The summed E-state index contributed by atoms with van der Waals surface area (Å²) in [6.45, 7) is 2.84. The summed E-state index contributed by atoms with van der Waals surface area (Å²) < 4.78 is 0. The first kappa shape index (κ1) is 17.6. The number of nitrogens with zero attached hydrogens (tertiary/aromatic N) is 1. The molecule has 0 amide bonds. The van der Waals surface area contributed by atoms with Gasteiger partial charge in [-0.1, -0.05) is 6.92 Å². The summed E-state index contributed by atoms with van der Waals surface area (Å²) in [5, 5.41) is 19.0. The van der Waals surface area contributed by atoms with Crippen molar-refractivity contribution in [2.75, 3.05) is 32.9 Å². The van der Waals surface area contributed by atoms with E-state index in [1.807, 2.05) is 6.92 Å². The van der Waals surface area contributed by atoms with Crippen molar-refractivity contribution in [2.24, 2.45) is 0 Å². The summed E-state index contributed by atoms with van der Waals surface area (Å²) >= 11 is 3.79. The number of likely N-dealkylation sites (N-methyl/N-ethyl adjacent to an activating group) is 2. The number of aliphatic carboxylic acids is 2. The van der Waals surface area contributed by atoms with Gasteiger partial charge in [0.05, 0.1) is 6.54 Å². The number of carbonyl (C=O) groups is 2. The lowest BCUT2D eigenvalue weighted by atomic mass is 10.3. The normalized spacial score (nSPS) is 11.6. The van der Waals surface area contributed by atoms with E-state index in [0.29, 0.717) is 5.75 Å². The van der Waals surface area contributed by atoms with Crippen molar-refractivity contribution in [3.05, 3.63) is 0 Å². The number of hydrogen-bond donors (Lipinski definition) is 4. The quantitative estimate of drug-likeness (QED) is 0.482. The van der Waals surface area contributed by atoms with Crippen molar-refractivity contribution in [3.63, 3.8) is 0 Å². The molecule has 0 radical (unpaired) electrons. The number of hydrogen-bond acceptors (Lipinski definition) is 5. The lowest BCUT2D eigenvalue weighted by molar-refractivity contribution is -0.139. The predicted octanol–water partition coefficient (Wildman–Crippen LogP) is -0.388. The highest BCUT2D eigenvalue weighted by molar-refractivity contribution is 7.80. The molecule has 0 saturated carbocycles. The van der Waals surface area contributed by atoms with Crippen LogP contribution in [0.15, 0.2) is 0 Å². The Balaban J connectivity index is 0. The molecule has 0 fully saturated rings. The molecule has 1 unspecified atom stereocenters. The third-order valence-electron chi connectivity index (χ3n) is 1.77. The van der Waals surface area contributed by atoms with E-state index in [-0.39, 0.29) is 6.54 Å². The fraction of sp³-hybridized carbons (Fsp3) is 0.778. The van der Waals surface area contributed by atoms with E-state index in [1.165, 1.54) is 0 Å². The maximum atomic E-state index is 10.1. The summed E-state index contributed by atoms with van der Waals surface area (Å²) in [5.74, 6) is -1.30. The molecule has 0 spiro atoms. The molecule has 3 N–H and O–H groups in total. The van der Waals surface area contributed by atoms with Crippen LogP contribution in [-0.4, -0.2) is 66.0 Å². The highest BCUT2D eigenvalue weighted by Gasteiger charge is 2.10. The minimum absolute atomic E-state index is 0.135. The molecule has 0 rings (SSSR count). The van der Waals surface area contributed by atoms with Gasteiger partial charge < -0.3 is 15.5 Å². The molecule has 6 nitrogen and oxygen atoms in total. The molecular weight excluding hydrogens is 232 g/mol. The summed E-state index contributed by atoms with van der Waals surface area (Å²) in [6, 6.07) is -0.515. The number of nitrogens with one attached hydrogen (secondary N) is 1. The third-order valence-corrected chi connectivity index (χ3v) is 2.14. The zero-order chi connectivity index (χ0) is 13.1. The SMILES string of the molecule is CCN(C)CC(=O)O.CNC(CS)C(=O)O. The number of rotatable bonds is 6. The Bertz CT molecular complexity index is 210. The average Bonchev–Trinajstić information content (AvgIpc) is 2.19. The van der Waals surface area contributed by atoms with Gasteiger partial charge in [-0.05, 0) is 20.6 Å². The molecule has 0 bridgehead atoms. The summed E-state index contributed by atoms with van der Waals surface area (Å²) in [6.07, 6.45) is 0. The largest absolute Gasteiger partial charge is 0.480 e. The van der Waals surface area contributed by atoms with Gasteiger partial charge in [-0.2, -0.15) is 12.6 Å². The topological polar surface area (TPSA) is 89.9 Å². The van der Waals surface area contributed by atoms with Crippen LogP contribution in [0, 0.1) is 0 Å². The molecular formula is C9H20N2O4S. The van der Waals surface area contributed by atoms with Gasteiger partial charge in [0, 0.05) is 5.75 Å². The molecule has 7 heteroatoms. The van der Waals surface area contributed by atoms with E-state index in [9.17, 15) is 9.59 Å². The summed E-state index contributed by atoms with van der Waals surface area (Å²) in [5.41, 5.74) is 0. The minimum atomic E-state index is -0.859.